The molecule has 0 saturated carbocycles. The minimum Gasteiger partial charge on any atom is -0.497 e. The van der Waals surface area contributed by atoms with Crippen LogP contribution in [0.25, 0.3) is 0 Å². The molecule has 1 aromatic carbocycles. The molecule has 0 heterocycles. The fraction of sp³-hybridized carbons (Fsp3) is 0.538. The Balaban J connectivity index is 2.70. The van der Waals surface area contributed by atoms with Gasteiger partial charge in [0.05, 0.1) is 13.7 Å². The summed E-state index contributed by atoms with van der Waals surface area (Å²) in [7, 11) is 1.37. The molecule has 0 N–H and O–H groups in total. The van der Waals surface area contributed by atoms with Crippen LogP contribution in [-0.4, -0.2) is 37.9 Å². The molecular formula is C13H12F8O2. The van der Waals surface area contributed by atoms with Gasteiger partial charge in [-0.2, -0.15) is 26.3 Å². The summed E-state index contributed by atoms with van der Waals surface area (Å²) in [6.45, 7) is -2.75. The topological polar surface area (TPSA) is 18.5 Å². The maximum Gasteiger partial charge on any atom is 0.380 e. The van der Waals surface area contributed by atoms with Crippen LogP contribution in [-0.2, 0) is 11.3 Å². The quantitative estimate of drug-likeness (QED) is 0.647. The van der Waals surface area contributed by atoms with Crippen molar-refractivity contribution in [3.8, 4) is 5.75 Å². The van der Waals surface area contributed by atoms with E-state index in [0.717, 1.165) is 0 Å². The van der Waals surface area contributed by atoms with E-state index in [1.807, 2.05) is 0 Å². The fourth-order valence-electron chi connectivity index (χ4n) is 1.49. The lowest BCUT2D eigenvalue weighted by Gasteiger charge is -2.32. The summed E-state index contributed by atoms with van der Waals surface area (Å²) in [4.78, 5) is 0. The molecule has 0 unspecified atom stereocenters. The zero-order chi connectivity index (χ0) is 17.9. The minimum atomic E-state index is -6.26. The van der Waals surface area contributed by atoms with Gasteiger partial charge in [0.2, 0.25) is 0 Å². The summed E-state index contributed by atoms with van der Waals surface area (Å²) in [6, 6.07) is 5.58. The van der Waals surface area contributed by atoms with Gasteiger partial charge >= 0.3 is 24.2 Å². The molecule has 0 radical (unpaired) electrons. The van der Waals surface area contributed by atoms with Crippen LogP contribution in [0.2, 0.25) is 0 Å². The molecule has 2 nitrogen and oxygen atoms in total. The molecule has 132 valence electrons. The molecule has 0 amide bonds. The molecule has 0 bridgehead atoms. The van der Waals surface area contributed by atoms with Crippen molar-refractivity contribution in [1.29, 1.82) is 0 Å². The molecule has 0 fully saturated rings. The Morgan fingerprint density at radius 3 is 1.91 bits per heavy atom. The van der Waals surface area contributed by atoms with Crippen LogP contribution >= 0.6 is 0 Å². The van der Waals surface area contributed by atoms with Crippen molar-refractivity contribution >= 4 is 0 Å². The Kier molecular flexibility index (Phi) is 5.84. The first-order valence-electron chi connectivity index (χ1n) is 6.08. The number of benzene rings is 1. The van der Waals surface area contributed by atoms with Gasteiger partial charge in [0.25, 0.3) is 0 Å². The maximum atomic E-state index is 13.2. The highest BCUT2D eigenvalue weighted by Crippen LogP contribution is 2.48. The lowest BCUT2D eigenvalue weighted by atomic mass is 10.1. The van der Waals surface area contributed by atoms with E-state index in [0.29, 0.717) is 5.75 Å². The third-order valence-corrected chi connectivity index (χ3v) is 2.86. The summed E-state index contributed by atoms with van der Waals surface area (Å²) >= 11 is 0. The van der Waals surface area contributed by atoms with E-state index < -0.39 is 37.4 Å². The van der Waals surface area contributed by atoms with Crippen LogP contribution in [0.5, 0.6) is 5.75 Å². The number of ether oxygens (including phenoxy) is 2. The van der Waals surface area contributed by atoms with Gasteiger partial charge in [-0.1, -0.05) is 12.1 Å². The highest BCUT2D eigenvalue weighted by molar-refractivity contribution is 5.26. The lowest BCUT2D eigenvalue weighted by Crippen LogP contribution is -2.59. The van der Waals surface area contributed by atoms with E-state index in [-0.39, 0.29) is 5.56 Å². The van der Waals surface area contributed by atoms with Crippen molar-refractivity contribution in [2.45, 2.75) is 30.8 Å². The Morgan fingerprint density at radius 2 is 1.48 bits per heavy atom. The molecule has 0 aromatic heterocycles. The molecule has 23 heavy (non-hydrogen) atoms. The number of halogens is 8. The first-order chi connectivity index (χ1) is 10.5. The molecule has 10 heteroatoms. The van der Waals surface area contributed by atoms with Crippen molar-refractivity contribution in [2.75, 3.05) is 13.7 Å². The highest BCUT2D eigenvalue weighted by atomic mass is 19.4. The average molecular weight is 352 g/mol. The lowest BCUT2D eigenvalue weighted by molar-refractivity contribution is -0.346. The van der Waals surface area contributed by atoms with Crippen LogP contribution < -0.4 is 4.74 Å². The molecule has 1 aromatic rings. The fourth-order valence-corrected chi connectivity index (χ4v) is 1.49. The SMILES string of the molecule is COc1ccc(COCC(F)(F)C(F)(F)C(F)(F)C(F)F)cc1. The number of hydrogen-bond donors (Lipinski definition) is 0. The standard InChI is InChI=1S/C13H12F8O2/c1-22-9-4-2-8(3-5-9)6-23-7-11(16,17)13(20,21)12(18,19)10(14)15/h2-5,10H,6-7H2,1H3. The Bertz CT molecular complexity index is 501. The van der Waals surface area contributed by atoms with Crippen LogP contribution in [0.1, 0.15) is 5.56 Å². The van der Waals surface area contributed by atoms with Crippen molar-refractivity contribution in [3.05, 3.63) is 29.8 Å². The minimum absolute atomic E-state index is 0.269. The molecule has 0 atom stereocenters. The molecule has 0 aliphatic heterocycles. The van der Waals surface area contributed by atoms with E-state index in [2.05, 4.69) is 4.74 Å². The summed E-state index contributed by atoms with van der Waals surface area (Å²) in [5.41, 5.74) is 0.269. The third-order valence-electron chi connectivity index (χ3n) is 2.86. The monoisotopic (exact) mass is 352 g/mol. The summed E-state index contributed by atoms with van der Waals surface area (Å²) < 4.78 is 110. The first kappa shape index (κ1) is 19.5. The summed E-state index contributed by atoms with van der Waals surface area (Å²) in [5, 5.41) is 0. The second kappa shape index (κ2) is 6.90. The second-order valence-electron chi connectivity index (χ2n) is 4.54. The first-order valence-corrected chi connectivity index (χ1v) is 6.08. The smallest absolute Gasteiger partial charge is 0.380 e. The summed E-state index contributed by atoms with van der Waals surface area (Å²) in [5.74, 6) is -17.5. The van der Waals surface area contributed by atoms with E-state index in [1.165, 1.54) is 31.4 Å². The van der Waals surface area contributed by atoms with Gasteiger partial charge in [-0.05, 0) is 17.7 Å². The molecular weight excluding hydrogens is 340 g/mol. The highest BCUT2D eigenvalue weighted by Gasteiger charge is 2.75. The van der Waals surface area contributed by atoms with Gasteiger partial charge in [-0.3, -0.25) is 0 Å². The predicted molar refractivity (Wildman–Crippen MR) is 63.5 cm³/mol. The molecule has 0 aliphatic rings. The van der Waals surface area contributed by atoms with Crippen molar-refractivity contribution < 1.29 is 44.6 Å². The average Bonchev–Trinajstić information content (AvgIpc) is 2.47. The van der Waals surface area contributed by atoms with Gasteiger partial charge in [0, 0.05) is 0 Å². The van der Waals surface area contributed by atoms with E-state index >= 15 is 0 Å². The van der Waals surface area contributed by atoms with Gasteiger partial charge < -0.3 is 9.47 Å². The zero-order valence-electron chi connectivity index (χ0n) is 11.6. The second-order valence-corrected chi connectivity index (χ2v) is 4.54. The van der Waals surface area contributed by atoms with Crippen LogP contribution in [0.4, 0.5) is 35.1 Å². The van der Waals surface area contributed by atoms with Gasteiger partial charge in [0.1, 0.15) is 12.4 Å². The van der Waals surface area contributed by atoms with Crippen molar-refractivity contribution in [1.82, 2.24) is 0 Å². The largest absolute Gasteiger partial charge is 0.497 e. The van der Waals surface area contributed by atoms with Crippen LogP contribution in [0.15, 0.2) is 24.3 Å². The van der Waals surface area contributed by atoms with E-state index in [4.69, 9.17) is 4.74 Å². The predicted octanol–water partition coefficient (Wildman–Crippen LogP) is 4.38. The van der Waals surface area contributed by atoms with Crippen molar-refractivity contribution in [2.24, 2.45) is 0 Å². The van der Waals surface area contributed by atoms with Crippen LogP contribution in [0, 0.1) is 0 Å². The van der Waals surface area contributed by atoms with E-state index in [9.17, 15) is 35.1 Å². The number of hydrogen-bond acceptors (Lipinski definition) is 2. The normalized spacial score (nSPS) is 13.5. The van der Waals surface area contributed by atoms with Gasteiger partial charge in [0.15, 0.2) is 0 Å². The molecule has 0 aliphatic carbocycles. The van der Waals surface area contributed by atoms with Crippen LogP contribution in [0.3, 0.4) is 0 Å². The Hall–Kier alpha value is -1.58. The Morgan fingerprint density at radius 1 is 0.957 bits per heavy atom. The van der Waals surface area contributed by atoms with Gasteiger partial charge in [-0.15, -0.1) is 0 Å². The summed E-state index contributed by atoms with van der Waals surface area (Å²) in [6.07, 6.45) is -4.94. The maximum absolute atomic E-state index is 13.2. The molecule has 1 rings (SSSR count). The molecule has 0 saturated heterocycles. The molecule has 0 spiro atoms. The van der Waals surface area contributed by atoms with Crippen molar-refractivity contribution in [3.63, 3.8) is 0 Å². The number of alkyl halides is 8. The third kappa shape index (κ3) is 4.04. The number of rotatable bonds is 8. The zero-order valence-corrected chi connectivity index (χ0v) is 11.6. The van der Waals surface area contributed by atoms with Gasteiger partial charge in [-0.25, -0.2) is 8.78 Å². The Labute approximate surface area is 126 Å². The number of methoxy groups -OCH3 is 1. The van der Waals surface area contributed by atoms with E-state index in [1.54, 1.807) is 0 Å².